The minimum atomic E-state index is -2.52. The molecular weight excluding hydrogens is 877 g/mol. The molecule has 8 aromatic rings. The maximum Gasteiger partial charge on any atom is 0.125 e. The minimum Gasteiger partial charge on any atom is -0.500 e. The molecule has 0 N–H and O–H groups in total. The van der Waals surface area contributed by atoms with Gasteiger partial charge in [-0.2, -0.15) is 0 Å². The number of fused-ring (bicyclic) bond motifs is 4. The van der Waals surface area contributed by atoms with Crippen LogP contribution in [0.25, 0.3) is 66.0 Å². The quantitative estimate of drug-likeness (QED) is 0.100. The van der Waals surface area contributed by atoms with Gasteiger partial charge in [0.1, 0.15) is 5.58 Å². The molecule has 0 spiro atoms. The summed E-state index contributed by atoms with van der Waals surface area (Å²) in [6.45, 7) is 19.1. The van der Waals surface area contributed by atoms with Gasteiger partial charge in [0.05, 0.1) is 13.7 Å². The zero-order valence-electron chi connectivity index (χ0n) is 39.0. The van der Waals surface area contributed by atoms with Crippen LogP contribution in [-0.4, -0.2) is 18.0 Å². The summed E-state index contributed by atoms with van der Waals surface area (Å²) in [5, 5.41) is 8.23. The number of rotatable bonds is 4. The molecule has 5 aromatic carbocycles. The van der Waals surface area contributed by atoms with Crippen LogP contribution in [0, 0.1) is 24.4 Å². The SMILES string of the molecule is C[Si](C)(C)c1ccnc(-c2[c-]cccc2)c1.[2H]C([2H])([2H])c1cnc(-c2[c-]ccc3c2oc2c4c5c(ccc6cccc(c65)C(C)(C)C4(C)C)cc23)cc1C([2H])([2H])C(C)(C)C.[Ir]. The van der Waals surface area contributed by atoms with Crippen LogP contribution in [0.3, 0.4) is 0 Å². The van der Waals surface area contributed by atoms with Gasteiger partial charge in [0.15, 0.2) is 0 Å². The van der Waals surface area contributed by atoms with Crippen molar-refractivity contribution in [3.8, 4) is 22.5 Å². The first-order chi connectivity index (χ1) is 27.9. The summed E-state index contributed by atoms with van der Waals surface area (Å²) in [5.41, 5.74) is 5.77. The normalized spacial score (nSPS) is 16.4. The summed E-state index contributed by atoms with van der Waals surface area (Å²) in [6.07, 6.45) is 1.27. The minimum absolute atomic E-state index is 0. The van der Waals surface area contributed by atoms with Gasteiger partial charge in [-0.25, -0.2) is 0 Å². The predicted molar refractivity (Wildman–Crippen MR) is 236 cm³/mol. The van der Waals surface area contributed by atoms with E-state index in [1.807, 2.05) is 36.5 Å². The molecule has 0 fully saturated rings. The van der Waals surface area contributed by atoms with Crippen LogP contribution in [-0.2, 0) is 37.3 Å². The van der Waals surface area contributed by atoms with Crippen LogP contribution in [0.1, 0.15) is 77.6 Å². The topological polar surface area (TPSA) is 38.9 Å². The van der Waals surface area contributed by atoms with E-state index >= 15 is 0 Å². The molecule has 3 nitrogen and oxygen atoms in total. The molecule has 1 radical (unpaired) electrons. The van der Waals surface area contributed by atoms with Gasteiger partial charge >= 0.3 is 0 Å². The van der Waals surface area contributed by atoms with Gasteiger partial charge in [0.25, 0.3) is 0 Å². The van der Waals surface area contributed by atoms with E-state index in [1.54, 1.807) is 26.8 Å². The van der Waals surface area contributed by atoms with E-state index in [4.69, 9.17) is 11.3 Å². The van der Waals surface area contributed by atoms with Crippen molar-refractivity contribution in [3.63, 3.8) is 0 Å². The third kappa shape index (κ3) is 6.76. The third-order valence-electron chi connectivity index (χ3n) is 11.7. The first-order valence-corrected chi connectivity index (χ1v) is 22.7. The number of aromatic nitrogens is 2. The average Bonchev–Trinajstić information content (AvgIpc) is 3.56. The Morgan fingerprint density at radius 2 is 1.55 bits per heavy atom. The number of benzene rings is 5. The molecule has 1 aliphatic carbocycles. The predicted octanol–water partition coefficient (Wildman–Crippen LogP) is 13.3. The van der Waals surface area contributed by atoms with E-state index in [2.05, 4.69) is 124 Å². The first kappa shape index (κ1) is 33.7. The van der Waals surface area contributed by atoms with Crippen molar-refractivity contribution in [1.82, 2.24) is 9.97 Å². The number of nitrogens with zero attached hydrogens (tertiary/aromatic N) is 2. The fourth-order valence-electron chi connectivity index (χ4n) is 8.12. The van der Waals surface area contributed by atoms with Crippen molar-refractivity contribution in [2.24, 2.45) is 5.41 Å². The van der Waals surface area contributed by atoms with Crippen LogP contribution >= 0.6 is 0 Å². The summed E-state index contributed by atoms with van der Waals surface area (Å²) < 4.78 is 49.2. The average molecular weight is 934 g/mol. The van der Waals surface area contributed by atoms with Crippen molar-refractivity contribution >= 4 is 56.7 Å². The van der Waals surface area contributed by atoms with Crippen molar-refractivity contribution in [2.45, 2.75) is 92.2 Å². The molecule has 287 valence electrons. The maximum atomic E-state index is 8.99. The van der Waals surface area contributed by atoms with E-state index in [0.29, 0.717) is 16.8 Å². The fraction of sp³-hybridized carbons (Fsp3) is 0.294. The molecule has 9 rings (SSSR count). The van der Waals surface area contributed by atoms with Crippen LogP contribution in [0.2, 0.25) is 19.6 Å². The second kappa shape index (κ2) is 14.2. The largest absolute Gasteiger partial charge is 0.500 e. The Morgan fingerprint density at radius 1 is 0.768 bits per heavy atom. The molecule has 0 unspecified atom stereocenters. The zero-order valence-corrected chi connectivity index (χ0v) is 37.3. The van der Waals surface area contributed by atoms with Crippen molar-refractivity contribution in [1.29, 1.82) is 0 Å². The molecule has 0 saturated carbocycles. The van der Waals surface area contributed by atoms with Crippen LogP contribution in [0.15, 0.2) is 108 Å². The van der Waals surface area contributed by atoms with Crippen LogP contribution in [0.4, 0.5) is 0 Å². The van der Waals surface area contributed by atoms with Gasteiger partial charge in [-0.15, -0.1) is 54.1 Å². The van der Waals surface area contributed by atoms with Crippen molar-refractivity contribution in [2.75, 3.05) is 0 Å². The Kier molecular flexibility index (Phi) is 8.55. The summed E-state index contributed by atoms with van der Waals surface area (Å²) in [6, 6.07) is 37.5. The van der Waals surface area contributed by atoms with Gasteiger partial charge in [-0.05, 0) is 80.2 Å². The molecule has 0 atom stereocenters. The zero-order chi connectivity index (χ0) is 43.4. The van der Waals surface area contributed by atoms with Gasteiger partial charge < -0.3 is 14.4 Å². The summed E-state index contributed by atoms with van der Waals surface area (Å²) >= 11 is 0. The Labute approximate surface area is 354 Å². The first-order valence-electron chi connectivity index (χ1n) is 21.7. The molecular formula is C51H52IrN2OSi-2. The second-order valence-corrected chi connectivity index (χ2v) is 23.2. The molecule has 0 saturated heterocycles. The molecule has 0 bridgehead atoms. The number of pyridine rings is 2. The van der Waals surface area contributed by atoms with Crippen molar-refractivity contribution < 1.29 is 31.4 Å². The molecule has 5 heteroatoms. The van der Waals surface area contributed by atoms with Gasteiger partial charge in [0, 0.05) is 55.7 Å². The Hall–Kier alpha value is -4.41. The molecule has 3 heterocycles. The number of hydrogen-bond donors (Lipinski definition) is 0. The van der Waals surface area contributed by atoms with E-state index in [-0.39, 0.29) is 42.1 Å². The third-order valence-corrected chi connectivity index (χ3v) is 13.7. The Bertz CT molecular complexity index is 2980. The Balaban J connectivity index is 0.000000278. The summed E-state index contributed by atoms with van der Waals surface area (Å²) in [4.78, 5) is 8.99. The molecule has 0 amide bonds. The van der Waals surface area contributed by atoms with Gasteiger partial charge in [-0.3, -0.25) is 0 Å². The smallest absolute Gasteiger partial charge is 0.125 e. The van der Waals surface area contributed by atoms with Crippen LogP contribution < -0.4 is 5.19 Å². The van der Waals surface area contributed by atoms with Crippen molar-refractivity contribution in [3.05, 3.63) is 138 Å². The molecule has 1 aliphatic rings. The summed E-state index contributed by atoms with van der Waals surface area (Å²) in [7, 11) is -1.25. The molecule has 3 aromatic heterocycles. The number of aryl methyl sites for hydroxylation is 1. The van der Waals surface area contributed by atoms with E-state index < -0.39 is 26.7 Å². The van der Waals surface area contributed by atoms with Gasteiger partial charge in [0.2, 0.25) is 0 Å². The second-order valence-electron chi connectivity index (χ2n) is 18.1. The standard InChI is InChI=1S/C37H36NO.C14H16NSi.Ir/c1-21-20-38-29(18-24(21)19-35(2,3)4)26-13-10-12-25-27-17-23-16-15-22-11-9-14-28-30(22)31(23)32(34(27)39-33(25)26)37(7,8)36(28,5)6;1-16(2,3)13-9-10-15-14(11-13)12-7-5-4-6-8-12;/h9-12,14-18,20H,19H2,1-8H3;4-7,9-11H,1-3H3;/q2*-1;/i1D3,19D2;;. The number of hydrogen-bond acceptors (Lipinski definition) is 3. The monoisotopic (exact) mass is 934 g/mol. The maximum absolute atomic E-state index is 8.99. The van der Waals surface area contributed by atoms with Crippen LogP contribution in [0.5, 0.6) is 0 Å². The summed E-state index contributed by atoms with van der Waals surface area (Å²) in [5.74, 6) is 0. The molecule has 0 aliphatic heterocycles. The van der Waals surface area contributed by atoms with E-state index in [9.17, 15) is 0 Å². The Morgan fingerprint density at radius 3 is 2.27 bits per heavy atom. The van der Waals surface area contributed by atoms with E-state index in [0.717, 1.165) is 33.0 Å². The molecule has 56 heavy (non-hydrogen) atoms. The van der Waals surface area contributed by atoms with Gasteiger partial charge in [-0.1, -0.05) is 132 Å². The fourth-order valence-corrected chi connectivity index (χ4v) is 9.26. The number of furan rings is 1. The van der Waals surface area contributed by atoms with E-state index in [1.165, 1.54) is 38.7 Å².